The van der Waals surface area contributed by atoms with Gasteiger partial charge in [0.25, 0.3) is 0 Å². The van der Waals surface area contributed by atoms with Crippen molar-refractivity contribution in [1.29, 1.82) is 0 Å². The Bertz CT molecular complexity index is 286. The van der Waals surface area contributed by atoms with Crippen molar-refractivity contribution in [3.05, 3.63) is 0 Å². The lowest BCUT2D eigenvalue weighted by Gasteiger charge is -2.23. The van der Waals surface area contributed by atoms with Crippen molar-refractivity contribution in [2.24, 2.45) is 5.92 Å². The van der Waals surface area contributed by atoms with Gasteiger partial charge in [0.1, 0.15) is 6.04 Å². The van der Waals surface area contributed by atoms with Crippen molar-refractivity contribution in [3.63, 3.8) is 0 Å². The largest absolute Gasteiger partial charge is 0.450 e. The SMILES string of the molecule is CCOC(=O)N[C@H](C(=O)NC1CCCC1)C(C)C. The minimum Gasteiger partial charge on any atom is -0.450 e. The van der Waals surface area contributed by atoms with E-state index in [1.54, 1.807) is 6.92 Å². The molecule has 0 saturated heterocycles. The summed E-state index contributed by atoms with van der Waals surface area (Å²) in [4.78, 5) is 23.5. The molecule has 0 aliphatic heterocycles. The summed E-state index contributed by atoms with van der Waals surface area (Å²) in [5, 5.41) is 5.62. The number of carbonyl (C=O) groups excluding carboxylic acids is 2. The summed E-state index contributed by atoms with van der Waals surface area (Å²) in [7, 11) is 0. The van der Waals surface area contributed by atoms with E-state index in [2.05, 4.69) is 10.6 Å². The summed E-state index contributed by atoms with van der Waals surface area (Å²) in [6, 6.07) is -0.257. The first-order valence-electron chi connectivity index (χ1n) is 6.78. The molecular weight excluding hydrogens is 232 g/mol. The Morgan fingerprint density at radius 1 is 1.28 bits per heavy atom. The molecular formula is C13H24N2O3. The molecule has 0 unspecified atom stereocenters. The minimum atomic E-state index is -0.530. The highest BCUT2D eigenvalue weighted by molar-refractivity contribution is 5.86. The number of alkyl carbamates (subject to hydrolysis) is 1. The molecule has 5 nitrogen and oxygen atoms in total. The molecule has 0 radical (unpaired) electrons. The summed E-state index contributed by atoms with van der Waals surface area (Å²) in [6.45, 7) is 5.86. The molecule has 0 heterocycles. The van der Waals surface area contributed by atoms with Gasteiger partial charge in [0.2, 0.25) is 5.91 Å². The van der Waals surface area contributed by atoms with Gasteiger partial charge in [-0.2, -0.15) is 0 Å². The van der Waals surface area contributed by atoms with E-state index in [1.807, 2.05) is 13.8 Å². The number of hydrogen-bond donors (Lipinski definition) is 2. The monoisotopic (exact) mass is 256 g/mol. The van der Waals surface area contributed by atoms with Gasteiger partial charge in [-0.1, -0.05) is 26.7 Å². The van der Waals surface area contributed by atoms with Gasteiger partial charge in [-0.05, 0) is 25.7 Å². The van der Waals surface area contributed by atoms with Crippen LogP contribution in [-0.2, 0) is 9.53 Å². The van der Waals surface area contributed by atoms with E-state index in [4.69, 9.17) is 4.74 Å². The molecule has 0 aromatic rings. The van der Waals surface area contributed by atoms with Crippen molar-refractivity contribution in [2.75, 3.05) is 6.61 Å². The lowest BCUT2D eigenvalue weighted by molar-refractivity contribution is -0.124. The third-order valence-electron chi connectivity index (χ3n) is 3.20. The van der Waals surface area contributed by atoms with Gasteiger partial charge in [0.15, 0.2) is 0 Å². The van der Waals surface area contributed by atoms with E-state index in [0.717, 1.165) is 12.8 Å². The summed E-state index contributed by atoms with van der Waals surface area (Å²) in [5.41, 5.74) is 0. The normalized spacial score (nSPS) is 17.6. The van der Waals surface area contributed by atoms with Gasteiger partial charge >= 0.3 is 6.09 Å². The molecule has 1 rings (SSSR count). The van der Waals surface area contributed by atoms with E-state index < -0.39 is 12.1 Å². The van der Waals surface area contributed by atoms with Crippen molar-refractivity contribution < 1.29 is 14.3 Å². The third-order valence-corrected chi connectivity index (χ3v) is 3.20. The molecule has 5 heteroatoms. The first-order chi connectivity index (χ1) is 8.54. The quantitative estimate of drug-likeness (QED) is 0.788. The average Bonchev–Trinajstić information content (AvgIpc) is 2.78. The van der Waals surface area contributed by atoms with E-state index >= 15 is 0 Å². The predicted molar refractivity (Wildman–Crippen MR) is 69.2 cm³/mol. The molecule has 2 N–H and O–H groups in total. The molecule has 1 saturated carbocycles. The number of carbonyl (C=O) groups is 2. The summed E-state index contributed by atoms with van der Waals surface area (Å²) in [6.07, 6.45) is 3.88. The van der Waals surface area contributed by atoms with Gasteiger partial charge in [-0.3, -0.25) is 4.79 Å². The highest BCUT2D eigenvalue weighted by Crippen LogP contribution is 2.18. The zero-order valence-corrected chi connectivity index (χ0v) is 11.5. The highest BCUT2D eigenvalue weighted by atomic mass is 16.5. The molecule has 0 spiro atoms. The maximum atomic E-state index is 12.1. The first kappa shape index (κ1) is 14.8. The molecule has 2 amide bonds. The maximum Gasteiger partial charge on any atom is 0.407 e. The Balaban J connectivity index is 2.49. The molecule has 1 atom stereocenters. The zero-order valence-electron chi connectivity index (χ0n) is 11.5. The molecule has 0 aromatic heterocycles. The fourth-order valence-electron chi connectivity index (χ4n) is 2.20. The Morgan fingerprint density at radius 2 is 1.89 bits per heavy atom. The van der Waals surface area contributed by atoms with Crippen molar-refractivity contribution >= 4 is 12.0 Å². The van der Waals surface area contributed by atoms with Crippen LogP contribution in [0.25, 0.3) is 0 Å². The van der Waals surface area contributed by atoms with Gasteiger partial charge in [-0.15, -0.1) is 0 Å². The van der Waals surface area contributed by atoms with Crippen LogP contribution in [-0.4, -0.2) is 30.7 Å². The smallest absolute Gasteiger partial charge is 0.407 e. The Labute approximate surface area is 109 Å². The molecule has 0 aromatic carbocycles. The second-order valence-electron chi connectivity index (χ2n) is 5.08. The standard InChI is InChI=1S/C13H24N2O3/c1-4-18-13(17)15-11(9(2)3)12(16)14-10-7-5-6-8-10/h9-11H,4-8H2,1-3H3,(H,14,16)(H,15,17)/t11-/m0/s1. The van der Waals surface area contributed by atoms with E-state index in [0.29, 0.717) is 6.61 Å². The van der Waals surface area contributed by atoms with Crippen LogP contribution in [0.1, 0.15) is 46.5 Å². The lowest BCUT2D eigenvalue weighted by atomic mass is 10.0. The summed E-state index contributed by atoms with van der Waals surface area (Å²) in [5.74, 6) is -0.0687. The van der Waals surface area contributed by atoms with Gasteiger partial charge in [-0.25, -0.2) is 4.79 Å². The molecule has 0 bridgehead atoms. The van der Waals surface area contributed by atoms with Crippen LogP contribution in [0, 0.1) is 5.92 Å². The maximum absolute atomic E-state index is 12.1. The third kappa shape index (κ3) is 4.55. The first-order valence-corrected chi connectivity index (χ1v) is 6.78. The van der Waals surface area contributed by atoms with Crippen molar-refractivity contribution in [1.82, 2.24) is 10.6 Å². The predicted octanol–water partition coefficient (Wildman–Crippen LogP) is 1.82. The van der Waals surface area contributed by atoms with Crippen molar-refractivity contribution in [2.45, 2.75) is 58.5 Å². The van der Waals surface area contributed by atoms with Crippen LogP contribution in [0.5, 0.6) is 0 Å². The molecule has 1 fully saturated rings. The number of nitrogens with one attached hydrogen (secondary N) is 2. The van der Waals surface area contributed by atoms with Crippen LogP contribution in [0.2, 0.25) is 0 Å². The Kier molecular flexibility index (Phi) is 5.95. The summed E-state index contributed by atoms with van der Waals surface area (Å²) < 4.78 is 4.81. The molecule has 1 aliphatic rings. The van der Waals surface area contributed by atoms with Crippen LogP contribution < -0.4 is 10.6 Å². The second kappa shape index (κ2) is 7.24. The number of ether oxygens (including phenoxy) is 1. The van der Waals surface area contributed by atoms with Gasteiger partial charge < -0.3 is 15.4 Å². The van der Waals surface area contributed by atoms with Crippen molar-refractivity contribution in [3.8, 4) is 0 Å². The molecule has 1 aliphatic carbocycles. The fraction of sp³-hybridized carbons (Fsp3) is 0.846. The van der Waals surface area contributed by atoms with E-state index in [1.165, 1.54) is 12.8 Å². The topological polar surface area (TPSA) is 67.4 Å². The second-order valence-corrected chi connectivity index (χ2v) is 5.08. The van der Waals surface area contributed by atoms with Crippen LogP contribution >= 0.6 is 0 Å². The number of rotatable bonds is 5. The minimum absolute atomic E-state index is 0.0378. The average molecular weight is 256 g/mol. The van der Waals surface area contributed by atoms with Crippen LogP contribution in [0.4, 0.5) is 4.79 Å². The summed E-state index contributed by atoms with van der Waals surface area (Å²) >= 11 is 0. The molecule has 18 heavy (non-hydrogen) atoms. The van der Waals surface area contributed by atoms with Crippen LogP contribution in [0.15, 0.2) is 0 Å². The lowest BCUT2D eigenvalue weighted by Crippen LogP contribution is -2.51. The van der Waals surface area contributed by atoms with Crippen LogP contribution in [0.3, 0.4) is 0 Å². The van der Waals surface area contributed by atoms with Gasteiger partial charge in [0.05, 0.1) is 6.61 Å². The zero-order chi connectivity index (χ0) is 13.5. The van der Waals surface area contributed by atoms with E-state index in [-0.39, 0.29) is 17.9 Å². The van der Waals surface area contributed by atoms with Gasteiger partial charge in [0, 0.05) is 6.04 Å². The van der Waals surface area contributed by atoms with E-state index in [9.17, 15) is 9.59 Å². The fourth-order valence-corrected chi connectivity index (χ4v) is 2.20. The number of amides is 2. The molecule has 104 valence electrons. The Hall–Kier alpha value is -1.26. The Morgan fingerprint density at radius 3 is 2.39 bits per heavy atom. The highest BCUT2D eigenvalue weighted by Gasteiger charge is 2.27. The number of hydrogen-bond acceptors (Lipinski definition) is 3.